The summed E-state index contributed by atoms with van der Waals surface area (Å²) < 4.78 is 0. The zero-order chi connectivity index (χ0) is 38.8. The van der Waals surface area contributed by atoms with E-state index in [9.17, 15) is 0 Å². The first-order valence-corrected chi connectivity index (χ1v) is 20.3. The third-order valence-corrected chi connectivity index (χ3v) is 12.5. The molecule has 1 nitrogen and oxygen atoms in total. The first-order chi connectivity index (χ1) is 28.5. The lowest BCUT2D eigenvalue weighted by Gasteiger charge is -2.29. The van der Waals surface area contributed by atoms with Gasteiger partial charge in [0.05, 0.1) is 0 Å². The van der Waals surface area contributed by atoms with Crippen molar-refractivity contribution in [1.82, 2.24) is 0 Å². The Kier molecular flexibility index (Phi) is 7.91. The van der Waals surface area contributed by atoms with E-state index in [1.54, 1.807) is 0 Å². The van der Waals surface area contributed by atoms with Gasteiger partial charge in [0.2, 0.25) is 0 Å². The highest BCUT2D eigenvalue weighted by atomic mass is 15.1. The Morgan fingerprint density at radius 1 is 0.259 bits per heavy atom. The summed E-state index contributed by atoms with van der Waals surface area (Å²) in [4.78, 5) is 2.44. The van der Waals surface area contributed by atoms with E-state index in [-0.39, 0.29) is 5.41 Å². The van der Waals surface area contributed by atoms with Crippen LogP contribution in [0.1, 0.15) is 25.0 Å². The van der Waals surface area contributed by atoms with Crippen LogP contribution in [0.25, 0.3) is 77.9 Å². The number of anilines is 3. The molecule has 0 saturated carbocycles. The minimum atomic E-state index is -0.0665. The molecule has 9 aromatic rings. The van der Waals surface area contributed by atoms with Crippen molar-refractivity contribution < 1.29 is 0 Å². The summed E-state index contributed by atoms with van der Waals surface area (Å²) in [6.07, 6.45) is 0. The molecule has 0 saturated heterocycles. The maximum atomic E-state index is 2.44. The van der Waals surface area contributed by atoms with Gasteiger partial charge in [-0.1, -0.05) is 190 Å². The Morgan fingerprint density at radius 2 is 0.603 bits per heavy atom. The van der Waals surface area contributed by atoms with E-state index in [0.717, 1.165) is 17.1 Å². The summed E-state index contributed by atoms with van der Waals surface area (Å²) in [7, 11) is 0. The van der Waals surface area contributed by atoms with Gasteiger partial charge in [-0.25, -0.2) is 0 Å². The fourth-order valence-electron chi connectivity index (χ4n) is 9.57. The van der Waals surface area contributed by atoms with Gasteiger partial charge < -0.3 is 4.90 Å². The van der Waals surface area contributed by atoms with Crippen molar-refractivity contribution in [1.29, 1.82) is 0 Å². The van der Waals surface area contributed by atoms with Crippen molar-refractivity contribution in [3.8, 4) is 77.9 Å². The number of hydrogen-bond acceptors (Lipinski definition) is 1. The highest BCUT2D eigenvalue weighted by Crippen LogP contribution is 2.52. The number of rotatable bonds is 5. The number of benzene rings is 9. The van der Waals surface area contributed by atoms with Crippen LogP contribution in [0, 0.1) is 0 Å². The first kappa shape index (κ1) is 34.1. The van der Waals surface area contributed by atoms with Crippen molar-refractivity contribution in [2.45, 2.75) is 19.3 Å². The van der Waals surface area contributed by atoms with Gasteiger partial charge in [-0.05, 0) is 125 Å². The third-order valence-electron chi connectivity index (χ3n) is 12.5. The van der Waals surface area contributed by atoms with Gasteiger partial charge in [0.15, 0.2) is 0 Å². The van der Waals surface area contributed by atoms with Crippen LogP contribution in [0.2, 0.25) is 0 Å². The van der Waals surface area contributed by atoms with Gasteiger partial charge in [0.1, 0.15) is 0 Å². The Hall–Kier alpha value is -7.22. The first-order valence-electron chi connectivity index (χ1n) is 20.3. The zero-order valence-electron chi connectivity index (χ0n) is 32.7. The number of hydrogen-bond donors (Lipinski definition) is 0. The minimum absolute atomic E-state index is 0.0665. The highest BCUT2D eigenvalue weighted by Gasteiger charge is 2.35. The fourth-order valence-corrected chi connectivity index (χ4v) is 9.57. The molecular weight excluding hydrogens is 699 g/mol. The Balaban J connectivity index is 1.09. The van der Waals surface area contributed by atoms with E-state index in [4.69, 9.17) is 0 Å². The van der Waals surface area contributed by atoms with Crippen LogP contribution in [0.15, 0.2) is 212 Å². The quantitative estimate of drug-likeness (QED) is 0.170. The van der Waals surface area contributed by atoms with Crippen molar-refractivity contribution in [3.05, 3.63) is 223 Å². The third kappa shape index (κ3) is 5.46. The molecule has 0 spiro atoms. The van der Waals surface area contributed by atoms with E-state index in [0.29, 0.717) is 0 Å². The van der Waals surface area contributed by atoms with Crippen LogP contribution in [0.4, 0.5) is 17.1 Å². The molecule has 2 aliphatic rings. The van der Waals surface area contributed by atoms with E-state index < -0.39 is 0 Å². The number of nitrogens with zero attached hydrogens (tertiary/aromatic N) is 1. The molecule has 0 aromatic heterocycles. The predicted octanol–water partition coefficient (Wildman–Crippen LogP) is 15.8. The molecule has 0 N–H and O–H groups in total. The van der Waals surface area contributed by atoms with Crippen molar-refractivity contribution in [3.63, 3.8) is 0 Å². The van der Waals surface area contributed by atoms with Gasteiger partial charge in [0, 0.05) is 22.5 Å². The molecule has 58 heavy (non-hydrogen) atoms. The highest BCUT2D eigenvalue weighted by molar-refractivity contribution is 6.04. The predicted molar refractivity (Wildman–Crippen MR) is 245 cm³/mol. The largest absolute Gasteiger partial charge is 0.310 e. The molecule has 0 atom stereocenters. The number of fused-ring (bicyclic) bond motifs is 11. The molecule has 1 heteroatoms. The zero-order valence-corrected chi connectivity index (χ0v) is 32.7. The lowest BCUT2D eigenvalue weighted by Crippen LogP contribution is -2.15. The van der Waals surface area contributed by atoms with Gasteiger partial charge in [-0.15, -0.1) is 0 Å². The molecule has 0 radical (unpaired) electrons. The van der Waals surface area contributed by atoms with Crippen molar-refractivity contribution in [2.75, 3.05) is 4.90 Å². The lowest BCUT2D eigenvalue weighted by molar-refractivity contribution is 0.660. The maximum absolute atomic E-state index is 2.44. The van der Waals surface area contributed by atoms with E-state index in [2.05, 4.69) is 231 Å². The van der Waals surface area contributed by atoms with Crippen LogP contribution >= 0.6 is 0 Å². The van der Waals surface area contributed by atoms with E-state index >= 15 is 0 Å². The molecule has 0 heterocycles. The van der Waals surface area contributed by atoms with Gasteiger partial charge in [0.25, 0.3) is 0 Å². The second kappa shape index (κ2) is 13.5. The lowest BCUT2D eigenvalue weighted by atomic mass is 9.81. The Labute approximate surface area is 341 Å². The van der Waals surface area contributed by atoms with Crippen molar-refractivity contribution in [2.24, 2.45) is 0 Å². The van der Waals surface area contributed by atoms with E-state index in [1.165, 1.54) is 89.0 Å². The molecule has 0 amide bonds. The smallest absolute Gasteiger partial charge is 0.0468 e. The molecule has 0 aliphatic heterocycles. The van der Waals surface area contributed by atoms with Crippen LogP contribution < -0.4 is 4.90 Å². The summed E-state index contributed by atoms with van der Waals surface area (Å²) in [6, 6.07) is 78.3. The molecule has 274 valence electrons. The van der Waals surface area contributed by atoms with Crippen LogP contribution in [0.3, 0.4) is 0 Å². The van der Waals surface area contributed by atoms with Gasteiger partial charge >= 0.3 is 0 Å². The molecule has 0 bridgehead atoms. The SMILES string of the molecule is CC1(C)c2ccccc2-c2cc(N(c3ccc(-c4ccc(-c5ccccc5)cc4)cc3)c3ccc4c(c3)-c3ccccc3-c3ccccc3-c3ccccc3-4)ccc21. The molecule has 9 aromatic carbocycles. The van der Waals surface area contributed by atoms with E-state index in [1.807, 2.05) is 0 Å². The minimum Gasteiger partial charge on any atom is -0.310 e. The second-order valence-electron chi connectivity index (χ2n) is 16.1. The standard InChI is InChI=1S/C57H41N/c1-57(2)55-23-13-12-22-52(55)54-37-44(33-35-56(54)57)58(42-30-28-41(29-31-42)40-26-24-39(25-27-40)38-14-4-3-5-15-38)43-32-34-51-49-20-9-8-18-47(49)45-16-6-7-17-46(45)48-19-10-11-21-50(48)53(51)36-43/h3-37H,1-2H3. The summed E-state index contributed by atoms with van der Waals surface area (Å²) in [5.41, 5.74) is 23.5. The molecule has 0 unspecified atom stereocenters. The topological polar surface area (TPSA) is 3.24 Å². The summed E-state index contributed by atoms with van der Waals surface area (Å²) in [5.74, 6) is 0. The van der Waals surface area contributed by atoms with Crippen LogP contribution in [0.5, 0.6) is 0 Å². The Morgan fingerprint density at radius 3 is 1.14 bits per heavy atom. The average molecular weight is 740 g/mol. The average Bonchev–Trinajstić information content (AvgIpc) is 3.52. The molecule has 2 aliphatic carbocycles. The second-order valence-corrected chi connectivity index (χ2v) is 16.1. The molecular formula is C57H41N. The van der Waals surface area contributed by atoms with Crippen LogP contribution in [-0.4, -0.2) is 0 Å². The fraction of sp³-hybridized carbons (Fsp3) is 0.0526. The summed E-state index contributed by atoms with van der Waals surface area (Å²) in [6.45, 7) is 4.70. The van der Waals surface area contributed by atoms with Crippen LogP contribution in [-0.2, 0) is 5.41 Å². The monoisotopic (exact) mass is 739 g/mol. The molecule has 11 rings (SSSR count). The van der Waals surface area contributed by atoms with Gasteiger partial charge in [-0.3, -0.25) is 0 Å². The summed E-state index contributed by atoms with van der Waals surface area (Å²) >= 11 is 0. The Bertz CT molecular complexity index is 3000. The summed E-state index contributed by atoms with van der Waals surface area (Å²) in [5, 5.41) is 0. The maximum Gasteiger partial charge on any atom is 0.0468 e. The van der Waals surface area contributed by atoms with Crippen molar-refractivity contribution >= 4 is 17.1 Å². The van der Waals surface area contributed by atoms with Gasteiger partial charge in [-0.2, -0.15) is 0 Å². The normalized spacial score (nSPS) is 12.8. The molecule has 0 fully saturated rings.